The van der Waals surface area contributed by atoms with Crippen molar-refractivity contribution in [1.29, 1.82) is 0 Å². The van der Waals surface area contributed by atoms with E-state index in [0.29, 0.717) is 18.0 Å². The molecular formula is C14H24N2O3S2. The van der Waals surface area contributed by atoms with Crippen molar-refractivity contribution in [3.63, 3.8) is 0 Å². The summed E-state index contributed by atoms with van der Waals surface area (Å²) in [6.07, 6.45) is 1.91. The summed E-state index contributed by atoms with van der Waals surface area (Å²) in [5, 5.41) is 3.24. The predicted molar refractivity (Wildman–Crippen MR) is 85.2 cm³/mol. The third-order valence-electron chi connectivity index (χ3n) is 3.53. The molecule has 1 aliphatic rings. The Morgan fingerprint density at radius 3 is 2.76 bits per heavy atom. The van der Waals surface area contributed by atoms with E-state index in [1.165, 1.54) is 0 Å². The molecule has 1 N–H and O–H groups in total. The van der Waals surface area contributed by atoms with Gasteiger partial charge in [-0.3, -0.25) is 0 Å². The van der Waals surface area contributed by atoms with E-state index in [4.69, 9.17) is 4.74 Å². The van der Waals surface area contributed by atoms with Crippen LogP contribution in [0.2, 0.25) is 0 Å². The van der Waals surface area contributed by atoms with Gasteiger partial charge in [-0.2, -0.15) is 4.31 Å². The molecule has 0 radical (unpaired) electrons. The Kier molecular flexibility index (Phi) is 5.79. The third-order valence-corrected chi connectivity index (χ3v) is 6.79. The minimum Gasteiger partial charge on any atom is -0.383 e. The van der Waals surface area contributed by atoms with E-state index in [9.17, 15) is 8.42 Å². The summed E-state index contributed by atoms with van der Waals surface area (Å²) in [4.78, 5) is 2.39. The van der Waals surface area contributed by atoms with Gasteiger partial charge in [-0.15, -0.1) is 11.3 Å². The van der Waals surface area contributed by atoms with Gasteiger partial charge in [-0.25, -0.2) is 8.42 Å². The molecule has 1 saturated carbocycles. The summed E-state index contributed by atoms with van der Waals surface area (Å²) >= 11 is 1.55. The first-order valence-electron chi connectivity index (χ1n) is 7.31. The zero-order valence-corrected chi connectivity index (χ0v) is 14.5. The van der Waals surface area contributed by atoms with Gasteiger partial charge >= 0.3 is 0 Å². The predicted octanol–water partition coefficient (Wildman–Crippen LogP) is 1.97. The van der Waals surface area contributed by atoms with Crippen molar-refractivity contribution in [1.82, 2.24) is 9.62 Å². The second-order valence-corrected chi connectivity index (χ2v) is 8.45. The van der Waals surface area contributed by atoms with Crippen molar-refractivity contribution in [2.75, 3.05) is 26.8 Å². The molecular weight excluding hydrogens is 308 g/mol. The number of methoxy groups -OCH3 is 1. The molecule has 0 amide bonds. The Hall–Kier alpha value is -0.470. The molecule has 0 aliphatic heterocycles. The summed E-state index contributed by atoms with van der Waals surface area (Å²) in [5.74, 6) is 0. The van der Waals surface area contributed by atoms with E-state index in [1.54, 1.807) is 22.8 Å². The summed E-state index contributed by atoms with van der Waals surface area (Å²) in [6, 6.07) is 1.97. The van der Waals surface area contributed by atoms with Crippen molar-refractivity contribution < 1.29 is 13.2 Å². The average molecular weight is 332 g/mol. The molecule has 1 fully saturated rings. The minimum atomic E-state index is -3.41. The van der Waals surface area contributed by atoms with Crippen LogP contribution >= 0.6 is 11.3 Å². The van der Waals surface area contributed by atoms with Crippen LogP contribution in [0.25, 0.3) is 0 Å². The van der Waals surface area contributed by atoms with E-state index < -0.39 is 10.0 Å². The standard InChI is InChI=1S/C14H24N2O3S2/c1-4-15-10-13-9-14(11(2)20-13)21(17,18)16(7-8-19-3)12-5-6-12/h9,12,15H,4-8,10H2,1-3H3. The molecule has 1 heterocycles. The van der Waals surface area contributed by atoms with Gasteiger partial charge in [0.05, 0.1) is 11.5 Å². The molecule has 2 rings (SSSR count). The maximum Gasteiger partial charge on any atom is 0.244 e. The van der Waals surface area contributed by atoms with E-state index in [2.05, 4.69) is 5.32 Å². The van der Waals surface area contributed by atoms with Crippen LogP contribution in [0.4, 0.5) is 0 Å². The van der Waals surface area contributed by atoms with E-state index >= 15 is 0 Å². The number of sulfonamides is 1. The number of ether oxygens (including phenoxy) is 1. The number of aryl methyl sites for hydroxylation is 1. The zero-order valence-electron chi connectivity index (χ0n) is 12.9. The largest absolute Gasteiger partial charge is 0.383 e. The van der Waals surface area contributed by atoms with Crippen LogP contribution in [-0.2, 0) is 21.3 Å². The van der Waals surface area contributed by atoms with E-state index in [-0.39, 0.29) is 6.04 Å². The number of thiophene rings is 1. The Labute approximate surface area is 131 Å². The van der Waals surface area contributed by atoms with Crippen LogP contribution in [0.5, 0.6) is 0 Å². The number of hydrogen-bond acceptors (Lipinski definition) is 5. The molecule has 0 aromatic carbocycles. The van der Waals surface area contributed by atoms with Gasteiger partial charge in [0, 0.05) is 36.0 Å². The molecule has 0 atom stereocenters. The van der Waals surface area contributed by atoms with E-state index in [0.717, 1.165) is 35.7 Å². The monoisotopic (exact) mass is 332 g/mol. The lowest BCUT2D eigenvalue weighted by Crippen LogP contribution is -2.35. The van der Waals surface area contributed by atoms with Crippen molar-refractivity contribution in [2.45, 2.75) is 44.2 Å². The molecule has 0 bridgehead atoms. The Morgan fingerprint density at radius 1 is 1.48 bits per heavy atom. The van der Waals surface area contributed by atoms with Gasteiger partial charge in [0.25, 0.3) is 0 Å². The fraction of sp³-hybridized carbons (Fsp3) is 0.714. The van der Waals surface area contributed by atoms with Crippen molar-refractivity contribution in [3.8, 4) is 0 Å². The molecule has 120 valence electrons. The zero-order chi connectivity index (χ0) is 15.5. The Morgan fingerprint density at radius 2 is 2.19 bits per heavy atom. The van der Waals surface area contributed by atoms with Gasteiger partial charge in [0.2, 0.25) is 10.0 Å². The first-order chi connectivity index (χ1) is 10.0. The first kappa shape index (κ1) is 16.9. The highest BCUT2D eigenvalue weighted by Crippen LogP contribution is 2.35. The first-order valence-corrected chi connectivity index (χ1v) is 9.57. The number of hydrogen-bond donors (Lipinski definition) is 1. The van der Waals surface area contributed by atoms with E-state index in [1.807, 2.05) is 19.9 Å². The van der Waals surface area contributed by atoms with Crippen molar-refractivity contribution in [3.05, 3.63) is 15.8 Å². The van der Waals surface area contributed by atoms with Crippen LogP contribution in [0, 0.1) is 6.92 Å². The molecule has 1 aromatic rings. The number of nitrogens with zero attached hydrogens (tertiary/aromatic N) is 1. The van der Waals surface area contributed by atoms with Gasteiger partial charge in [-0.1, -0.05) is 6.92 Å². The molecule has 0 spiro atoms. The van der Waals surface area contributed by atoms with Gasteiger partial charge in [-0.05, 0) is 32.4 Å². The topological polar surface area (TPSA) is 58.6 Å². The molecule has 0 saturated heterocycles. The molecule has 1 aliphatic carbocycles. The smallest absolute Gasteiger partial charge is 0.244 e. The normalized spacial score (nSPS) is 15.8. The van der Waals surface area contributed by atoms with Crippen LogP contribution in [0.1, 0.15) is 29.5 Å². The summed E-state index contributed by atoms with van der Waals surface area (Å²) in [5.41, 5.74) is 0. The fourth-order valence-electron chi connectivity index (χ4n) is 2.28. The van der Waals surface area contributed by atoms with Crippen LogP contribution in [-0.4, -0.2) is 45.6 Å². The quantitative estimate of drug-likeness (QED) is 0.751. The maximum atomic E-state index is 12.9. The lowest BCUT2D eigenvalue weighted by Gasteiger charge is -2.21. The van der Waals surface area contributed by atoms with Gasteiger partial charge in [0.15, 0.2) is 0 Å². The second kappa shape index (κ2) is 7.19. The molecule has 1 aromatic heterocycles. The van der Waals surface area contributed by atoms with Crippen LogP contribution in [0.15, 0.2) is 11.0 Å². The molecule has 7 heteroatoms. The molecule has 21 heavy (non-hydrogen) atoms. The highest BCUT2D eigenvalue weighted by molar-refractivity contribution is 7.89. The van der Waals surface area contributed by atoms with Crippen LogP contribution in [0.3, 0.4) is 0 Å². The van der Waals surface area contributed by atoms with Crippen molar-refractivity contribution in [2.24, 2.45) is 0 Å². The summed E-state index contributed by atoms with van der Waals surface area (Å²) in [6.45, 7) is 6.39. The molecule has 0 unspecified atom stereocenters. The van der Waals surface area contributed by atoms with Gasteiger partial charge in [0.1, 0.15) is 0 Å². The number of nitrogens with one attached hydrogen (secondary N) is 1. The lowest BCUT2D eigenvalue weighted by molar-refractivity contribution is 0.177. The Balaban J connectivity index is 2.22. The van der Waals surface area contributed by atoms with Gasteiger partial charge < -0.3 is 10.1 Å². The minimum absolute atomic E-state index is 0.154. The maximum absolute atomic E-state index is 12.9. The second-order valence-electron chi connectivity index (χ2n) is 5.25. The average Bonchev–Trinajstić information content (AvgIpc) is 3.19. The van der Waals surface area contributed by atoms with Crippen molar-refractivity contribution >= 4 is 21.4 Å². The SMILES string of the molecule is CCNCc1cc(S(=O)(=O)N(CCOC)C2CC2)c(C)s1. The Bertz CT molecular complexity index is 565. The van der Waals surface area contributed by atoms with Crippen LogP contribution < -0.4 is 5.32 Å². The fourth-order valence-corrected chi connectivity index (χ4v) is 5.53. The summed E-state index contributed by atoms with van der Waals surface area (Å²) < 4.78 is 32.4. The lowest BCUT2D eigenvalue weighted by atomic mass is 10.4. The highest BCUT2D eigenvalue weighted by Gasteiger charge is 2.38. The summed E-state index contributed by atoms with van der Waals surface area (Å²) in [7, 11) is -1.81. The number of rotatable bonds is 9. The third kappa shape index (κ3) is 4.04. The molecule has 5 nitrogen and oxygen atoms in total. The highest BCUT2D eigenvalue weighted by atomic mass is 32.2.